The molecule has 3 aromatic rings. The number of nitrogens with one attached hydrogen (secondary N) is 2. The number of fused-ring (bicyclic) bond motifs is 1. The fourth-order valence-electron chi connectivity index (χ4n) is 2.35. The second-order valence-corrected chi connectivity index (χ2v) is 4.96. The van der Waals surface area contributed by atoms with Crippen molar-refractivity contribution < 1.29 is 13.9 Å². The van der Waals surface area contributed by atoms with Gasteiger partial charge in [0.1, 0.15) is 11.6 Å². The molecule has 0 saturated heterocycles. The van der Waals surface area contributed by atoms with Gasteiger partial charge in [-0.3, -0.25) is 4.79 Å². The number of hydrogen-bond acceptors (Lipinski definition) is 2. The predicted octanol–water partition coefficient (Wildman–Crippen LogP) is 3.50. The van der Waals surface area contributed by atoms with E-state index in [4.69, 9.17) is 4.74 Å². The Morgan fingerprint density at radius 1 is 1.23 bits per heavy atom. The molecule has 0 atom stereocenters. The number of methoxy groups -OCH3 is 1. The summed E-state index contributed by atoms with van der Waals surface area (Å²) in [5, 5.41) is 3.54. The van der Waals surface area contributed by atoms with E-state index in [2.05, 4.69) is 10.3 Å². The van der Waals surface area contributed by atoms with Gasteiger partial charge in [0.05, 0.1) is 13.5 Å². The number of aromatic amines is 1. The Balaban J connectivity index is 1.73. The topological polar surface area (TPSA) is 54.1 Å². The third kappa shape index (κ3) is 2.93. The molecule has 3 rings (SSSR count). The van der Waals surface area contributed by atoms with Crippen molar-refractivity contribution in [3.63, 3.8) is 0 Å². The first kappa shape index (κ1) is 14.1. The van der Waals surface area contributed by atoms with Crippen molar-refractivity contribution >= 4 is 22.5 Å². The molecule has 0 aliphatic rings. The van der Waals surface area contributed by atoms with Gasteiger partial charge >= 0.3 is 0 Å². The molecule has 0 bridgehead atoms. The number of rotatable bonds is 4. The van der Waals surface area contributed by atoms with Crippen LogP contribution in [0.15, 0.2) is 48.7 Å². The second kappa shape index (κ2) is 5.89. The molecule has 2 aromatic carbocycles. The Morgan fingerprint density at radius 3 is 2.73 bits per heavy atom. The summed E-state index contributed by atoms with van der Waals surface area (Å²) >= 11 is 0. The molecule has 4 nitrogen and oxygen atoms in total. The van der Waals surface area contributed by atoms with Gasteiger partial charge < -0.3 is 15.0 Å². The first-order valence-corrected chi connectivity index (χ1v) is 6.85. The number of amides is 1. The van der Waals surface area contributed by atoms with Gasteiger partial charge in [0, 0.05) is 22.8 Å². The lowest BCUT2D eigenvalue weighted by Crippen LogP contribution is -2.14. The van der Waals surface area contributed by atoms with Crippen LogP contribution in [0.25, 0.3) is 10.9 Å². The second-order valence-electron chi connectivity index (χ2n) is 4.96. The number of H-pyrrole nitrogens is 1. The Bertz CT molecular complexity index is 809. The van der Waals surface area contributed by atoms with Crippen LogP contribution in [0.4, 0.5) is 10.1 Å². The van der Waals surface area contributed by atoms with Crippen LogP contribution in [0.2, 0.25) is 0 Å². The Labute approximate surface area is 126 Å². The molecule has 1 amide bonds. The molecule has 2 N–H and O–H groups in total. The molecular weight excluding hydrogens is 283 g/mol. The zero-order valence-electron chi connectivity index (χ0n) is 12.0. The molecule has 0 fully saturated rings. The van der Waals surface area contributed by atoms with Crippen molar-refractivity contribution in [3.8, 4) is 5.75 Å². The number of anilines is 1. The highest BCUT2D eigenvalue weighted by Gasteiger charge is 2.10. The maximum atomic E-state index is 13.3. The van der Waals surface area contributed by atoms with Crippen LogP contribution >= 0.6 is 0 Å². The zero-order valence-corrected chi connectivity index (χ0v) is 12.0. The number of carbonyl (C=O) groups excluding carboxylic acids is 1. The molecule has 5 heteroatoms. The SMILES string of the molecule is COc1ccc(NC(=O)Cc2c[nH]c3ccc(F)cc23)cc1. The fourth-order valence-corrected chi connectivity index (χ4v) is 2.35. The number of benzene rings is 2. The number of hydrogen-bond donors (Lipinski definition) is 2. The zero-order chi connectivity index (χ0) is 15.5. The molecule has 0 aliphatic heterocycles. The van der Waals surface area contributed by atoms with Crippen molar-refractivity contribution in [2.45, 2.75) is 6.42 Å². The third-order valence-electron chi connectivity index (χ3n) is 3.45. The number of ether oxygens (including phenoxy) is 1. The van der Waals surface area contributed by atoms with E-state index in [0.29, 0.717) is 5.69 Å². The molecule has 22 heavy (non-hydrogen) atoms. The van der Waals surface area contributed by atoms with Gasteiger partial charge in [-0.2, -0.15) is 0 Å². The normalized spacial score (nSPS) is 10.6. The highest BCUT2D eigenvalue weighted by Crippen LogP contribution is 2.21. The number of carbonyl (C=O) groups is 1. The van der Waals surface area contributed by atoms with E-state index in [1.165, 1.54) is 12.1 Å². The van der Waals surface area contributed by atoms with Gasteiger partial charge in [-0.25, -0.2) is 4.39 Å². The van der Waals surface area contributed by atoms with E-state index < -0.39 is 0 Å². The van der Waals surface area contributed by atoms with E-state index in [1.807, 2.05) is 0 Å². The van der Waals surface area contributed by atoms with E-state index in [9.17, 15) is 9.18 Å². The number of aromatic nitrogens is 1. The van der Waals surface area contributed by atoms with Crippen LogP contribution in [0.1, 0.15) is 5.56 Å². The van der Waals surface area contributed by atoms with E-state index in [0.717, 1.165) is 22.2 Å². The van der Waals surface area contributed by atoms with Gasteiger partial charge in [0.15, 0.2) is 0 Å². The summed E-state index contributed by atoms with van der Waals surface area (Å²) in [6.45, 7) is 0. The van der Waals surface area contributed by atoms with E-state index >= 15 is 0 Å². The Morgan fingerprint density at radius 2 is 2.00 bits per heavy atom. The average molecular weight is 298 g/mol. The summed E-state index contributed by atoms with van der Waals surface area (Å²) in [4.78, 5) is 15.1. The number of halogens is 1. The van der Waals surface area contributed by atoms with Crippen LogP contribution in [0, 0.1) is 5.82 Å². The summed E-state index contributed by atoms with van der Waals surface area (Å²) in [6, 6.07) is 11.6. The lowest BCUT2D eigenvalue weighted by atomic mass is 10.1. The lowest BCUT2D eigenvalue weighted by Gasteiger charge is -2.06. The maximum absolute atomic E-state index is 13.3. The quantitative estimate of drug-likeness (QED) is 0.774. The highest BCUT2D eigenvalue weighted by atomic mass is 19.1. The molecule has 1 aromatic heterocycles. The first-order valence-electron chi connectivity index (χ1n) is 6.85. The smallest absolute Gasteiger partial charge is 0.228 e. The molecule has 112 valence electrons. The first-order chi connectivity index (χ1) is 10.7. The molecule has 0 unspecified atom stereocenters. The monoisotopic (exact) mass is 298 g/mol. The van der Waals surface area contributed by atoms with Gasteiger partial charge in [-0.1, -0.05) is 0 Å². The highest BCUT2D eigenvalue weighted by molar-refractivity contribution is 5.95. The van der Waals surface area contributed by atoms with Gasteiger partial charge in [0.2, 0.25) is 5.91 Å². The van der Waals surface area contributed by atoms with Crippen LogP contribution in [0.3, 0.4) is 0 Å². The lowest BCUT2D eigenvalue weighted by molar-refractivity contribution is -0.115. The van der Waals surface area contributed by atoms with Crippen LogP contribution in [0.5, 0.6) is 5.75 Å². The van der Waals surface area contributed by atoms with E-state index in [1.54, 1.807) is 43.6 Å². The van der Waals surface area contributed by atoms with Crippen LogP contribution < -0.4 is 10.1 Å². The minimum atomic E-state index is -0.316. The maximum Gasteiger partial charge on any atom is 0.228 e. The molecule has 0 aliphatic carbocycles. The van der Waals surface area contributed by atoms with Crippen molar-refractivity contribution in [1.29, 1.82) is 0 Å². The average Bonchev–Trinajstić information content (AvgIpc) is 2.90. The molecule has 0 saturated carbocycles. The van der Waals surface area contributed by atoms with Gasteiger partial charge in [-0.15, -0.1) is 0 Å². The Kier molecular flexibility index (Phi) is 3.78. The minimum absolute atomic E-state index is 0.157. The summed E-state index contributed by atoms with van der Waals surface area (Å²) in [5.41, 5.74) is 2.27. The molecular formula is C17H15FN2O2. The van der Waals surface area contributed by atoms with Crippen molar-refractivity contribution in [2.75, 3.05) is 12.4 Å². The molecule has 0 radical (unpaired) electrons. The Hall–Kier alpha value is -2.82. The van der Waals surface area contributed by atoms with Crippen molar-refractivity contribution in [2.24, 2.45) is 0 Å². The van der Waals surface area contributed by atoms with Gasteiger partial charge in [0.25, 0.3) is 0 Å². The van der Waals surface area contributed by atoms with Crippen molar-refractivity contribution in [1.82, 2.24) is 4.98 Å². The largest absolute Gasteiger partial charge is 0.497 e. The van der Waals surface area contributed by atoms with Crippen molar-refractivity contribution in [3.05, 3.63) is 60.0 Å². The summed E-state index contributed by atoms with van der Waals surface area (Å²) < 4.78 is 18.4. The summed E-state index contributed by atoms with van der Waals surface area (Å²) in [5.74, 6) is 0.254. The third-order valence-corrected chi connectivity index (χ3v) is 3.45. The fraction of sp³-hybridized carbons (Fsp3) is 0.118. The standard InChI is InChI=1S/C17H15FN2O2/c1-22-14-5-3-13(4-6-14)20-17(21)8-11-10-19-16-7-2-12(18)9-15(11)16/h2-7,9-10,19H,8H2,1H3,(H,20,21). The predicted molar refractivity (Wildman–Crippen MR) is 83.6 cm³/mol. The van der Waals surface area contributed by atoms with E-state index in [-0.39, 0.29) is 18.1 Å². The van der Waals surface area contributed by atoms with Crippen LogP contribution in [-0.4, -0.2) is 18.0 Å². The van der Waals surface area contributed by atoms with Gasteiger partial charge in [-0.05, 0) is 48.0 Å². The summed E-state index contributed by atoms with van der Waals surface area (Å²) in [7, 11) is 1.59. The molecule has 1 heterocycles. The van der Waals surface area contributed by atoms with Crippen LogP contribution in [-0.2, 0) is 11.2 Å². The molecule has 0 spiro atoms. The minimum Gasteiger partial charge on any atom is -0.497 e. The summed E-state index contributed by atoms with van der Waals surface area (Å²) in [6.07, 6.45) is 1.91.